The van der Waals surface area contributed by atoms with Gasteiger partial charge in [-0.2, -0.15) is 193 Å². The molecule has 0 aliphatic carbocycles. The first-order valence-corrected chi connectivity index (χ1v) is 16.0. The highest BCUT2D eigenvalue weighted by Gasteiger charge is 3.01. The van der Waals surface area contributed by atoms with Gasteiger partial charge in [-0.15, -0.1) is 0 Å². The SMILES string of the molecule is FC(F)C(F)(F)C(F)(F)C(F)(F)C(F)(F)C(F)(F)C(F)(F)C(F)(F)C(F)(F)C(F)(F)C(F)(F)C(F)(F)COCC(F)(F)C(F)(F)C(F)(F)C(F)(F)C(F)(F)C(F)(F)C(F)(F)C(F)(F)C(F)(F)C(F)(F)C(F)(F)C(F)F. The van der Waals surface area contributed by atoms with Gasteiger partial charge in [-0.25, -0.2) is 17.6 Å². The molecule has 0 atom stereocenters. The second-order valence-electron chi connectivity index (χ2n) is 14.1. The molecule has 0 saturated heterocycles. The summed E-state index contributed by atoms with van der Waals surface area (Å²) < 4.78 is 654. The number of rotatable bonds is 26. The molecule has 1 nitrogen and oxygen atoms in total. The first-order chi connectivity index (χ1) is 31.6. The normalized spacial score (nSPS) is 17.2. The summed E-state index contributed by atoms with van der Waals surface area (Å²) in [7, 11) is 0. The fourth-order valence-electron chi connectivity index (χ4n) is 4.40. The lowest BCUT2D eigenvalue weighted by Crippen LogP contribution is -2.78. The van der Waals surface area contributed by atoms with E-state index in [1.54, 1.807) is 0 Å². The molecule has 0 heterocycles. The fourth-order valence-corrected chi connectivity index (χ4v) is 4.40. The van der Waals surface area contributed by atoms with Crippen molar-refractivity contribution in [3.8, 4) is 0 Å². The largest absolute Gasteiger partial charge is 0.385 e. The van der Waals surface area contributed by atoms with Crippen LogP contribution < -0.4 is 0 Å². The van der Waals surface area contributed by atoms with E-state index in [0.29, 0.717) is 0 Å². The second kappa shape index (κ2) is 18.1. The van der Waals surface area contributed by atoms with Crippen LogP contribution in [0.1, 0.15) is 0 Å². The Morgan fingerprint density at radius 3 is 0.400 bits per heavy atom. The average Bonchev–Trinajstić information content (AvgIpc) is 3.18. The molecule has 0 amide bonds. The Kier molecular flexibility index (Phi) is 17.2. The smallest absolute Gasteiger partial charge is 0.368 e. The van der Waals surface area contributed by atoms with E-state index in [9.17, 15) is 211 Å². The van der Waals surface area contributed by atoms with E-state index in [0.717, 1.165) is 0 Å². The maximum atomic E-state index is 14.0. The predicted molar refractivity (Wildman–Crippen MR) is 132 cm³/mol. The van der Waals surface area contributed by atoms with E-state index in [2.05, 4.69) is 0 Å². The number of alkyl halides is 48. The molecular weight excluding hydrogens is 1240 g/mol. The van der Waals surface area contributed by atoms with Gasteiger partial charge in [0, 0.05) is 0 Å². The molecule has 0 aromatic heterocycles. The lowest BCUT2D eigenvalue weighted by molar-refractivity contribution is -0.478. The van der Waals surface area contributed by atoms with E-state index in [4.69, 9.17) is 0 Å². The Hall–Kier alpha value is -3.40. The zero-order chi connectivity index (χ0) is 62.3. The maximum Gasteiger partial charge on any atom is 0.385 e. The predicted octanol–water partition coefficient (Wildman–Crippen LogP) is 15.5. The van der Waals surface area contributed by atoms with Gasteiger partial charge in [0.2, 0.25) is 0 Å². The molecule has 0 unspecified atom stereocenters. The summed E-state index contributed by atoms with van der Waals surface area (Å²) in [6, 6.07) is 0. The topological polar surface area (TPSA) is 9.23 Å². The molecule has 452 valence electrons. The summed E-state index contributed by atoms with van der Waals surface area (Å²) in [5.74, 6) is -210. The van der Waals surface area contributed by atoms with Crippen LogP contribution in [-0.2, 0) is 4.74 Å². The number of hydrogen-bond acceptors (Lipinski definition) is 1. The van der Waals surface area contributed by atoms with Crippen LogP contribution in [0.2, 0.25) is 0 Å². The molecule has 75 heavy (non-hydrogen) atoms. The van der Waals surface area contributed by atoms with Gasteiger partial charge in [0.15, 0.2) is 0 Å². The van der Waals surface area contributed by atoms with Crippen molar-refractivity contribution in [2.45, 2.75) is 143 Å². The van der Waals surface area contributed by atoms with Gasteiger partial charge in [-0.05, 0) is 0 Å². The van der Waals surface area contributed by atoms with Crippen LogP contribution in [0.3, 0.4) is 0 Å². The summed E-state index contributed by atoms with van der Waals surface area (Å²) in [5, 5.41) is 0. The van der Waals surface area contributed by atoms with Gasteiger partial charge in [-0.3, -0.25) is 0 Å². The molecule has 0 aromatic carbocycles. The molecule has 0 rings (SSSR count). The first kappa shape index (κ1) is 71.6. The molecule has 0 fully saturated rings. The molecule has 0 bridgehead atoms. The fraction of sp³-hybridized carbons (Fsp3) is 1.00. The van der Waals surface area contributed by atoms with Crippen LogP contribution in [-0.4, -0.2) is 156 Å². The molecule has 0 saturated carbocycles. The van der Waals surface area contributed by atoms with E-state index in [1.165, 1.54) is 0 Å². The van der Waals surface area contributed by atoms with E-state index in [-0.39, 0.29) is 0 Å². The van der Waals surface area contributed by atoms with Crippen LogP contribution in [0.4, 0.5) is 211 Å². The summed E-state index contributed by atoms with van der Waals surface area (Å²) in [4.78, 5) is 0. The van der Waals surface area contributed by atoms with Crippen LogP contribution in [0.15, 0.2) is 0 Å². The second-order valence-corrected chi connectivity index (χ2v) is 14.1. The minimum Gasteiger partial charge on any atom is -0.368 e. The van der Waals surface area contributed by atoms with Crippen molar-refractivity contribution >= 4 is 0 Å². The Balaban J connectivity index is 7.37. The molecule has 0 aromatic rings. The Morgan fingerprint density at radius 2 is 0.280 bits per heavy atom. The molecule has 49 heteroatoms. The van der Waals surface area contributed by atoms with E-state index < -0.39 is 156 Å². The van der Waals surface area contributed by atoms with Crippen molar-refractivity contribution in [1.82, 2.24) is 0 Å². The molecular formula is C26H6F48O. The molecule has 0 aliphatic rings. The standard InChI is InChI=1S/C26H6F48O/c27-3(28)7(35,36)11(43,44)15(51,52)19(59,60)23(67,68)25(71,72)21(63,64)17(55,56)13(47,48)9(39,40)5(31,32)1-75-2-6(33,34)10(41,42)14(49,50)18(57,58)22(65,66)26(73,74)24(69,70)20(61,62)16(53,54)12(45,46)8(37,38)4(29)30/h3-4H,1-2H2. The van der Waals surface area contributed by atoms with Crippen LogP contribution >= 0.6 is 0 Å². The minimum atomic E-state index is -10.1. The van der Waals surface area contributed by atoms with E-state index in [1.807, 2.05) is 4.74 Å². The van der Waals surface area contributed by atoms with Gasteiger partial charge in [0.05, 0.1) is 0 Å². The summed E-state index contributed by atoms with van der Waals surface area (Å²) in [6.07, 6.45) is -13.2. The lowest BCUT2D eigenvalue weighted by Gasteiger charge is -2.45. The summed E-state index contributed by atoms with van der Waals surface area (Å²) >= 11 is 0. The molecule has 0 aliphatic heterocycles. The monoisotopic (exact) mass is 1250 g/mol. The third-order valence-electron chi connectivity index (χ3n) is 9.18. The number of halogens is 48. The first-order valence-electron chi connectivity index (χ1n) is 16.0. The quantitative estimate of drug-likeness (QED) is 0.0785. The Bertz CT molecular complexity index is 1860. The van der Waals surface area contributed by atoms with Gasteiger partial charge in [-0.1, -0.05) is 0 Å². The zero-order valence-corrected chi connectivity index (χ0v) is 32.1. The Morgan fingerprint density at radius 1 is 0.173 bits per heavy atom. The summed E-state index contributed by atoms with van der Waals surface area (Å²) in [6.45, 7) is -10.3. The van der Waals surface area contributed by atoms with Crippen LogP contribution in [0.5, 0.6) is 0 Å². The number of hydrogen-bond donors (Lipinski definition) is 0. The van der Waals surface area contributed by atoms with Crippen LogP contribution in [0, 0.1) is 0 Å². The lowest BCUT2D eigenvalue weighted by atomic mass is 9.84. The summed E-state index contributed by atoms with van der Waals surface area (Å²) in [5.41, 5.74) is 0. The van der Waals surface area contributed by atoms with Crippen molar-refractivity contribution in [3.63, 3.8) is 0 Å². The minimum absolute atomic E-state index is 2.02. The van der Waals surface area contributed by atoms with Crippen molar-refractivity contribution in [3.05, 3.63) is 0 Å². The average molecular weight is 1250 g/mol. The third kappa shape index (κ3) is 8.60. The van der Waals surface area contributed by atoms with E-state index >= 15 is 0 Å². The molecule has 0 spiro atoms. The van der Waals surface area contributed by atoms with Crippen LogP contribution in [0.25, 0.3) is 0 Å². The van der Waals surface area contributed by atoms with Gasteiger partial charge < -0.3 is 4.74 Å². The molecule has 0 N–H and O–H groups in total. The third-order valence-corrected chi connectivity index (χ3v) is 9.18. The highest BCUT2D eigenvalue weighted by molar-refractivity contribution is 5.21. The van der Waals surface area contributed by atoms with Gasteiger partial charge in [0.25, 0.3) is 0 Å². The van der Waals surface area contributed by atoms with Gasteiger partial charge in [0.1, 0.15) is 13.2 Å². The highest BCUT2D eigenvalue weighted by atomic mass is 19.4. The number of ether oxygens (including phenoxy) is 1. The van der Waals surface area contributed by atoms with Crippen molar-refractivity contribution in [1.29, 1.82) is 0 Å². The molecule has 0 radical (unpaired) electrons. The van der Waals surface area contributed by atoms with Crippen molar-refractivity contribution in [2.75, 3.05) is 13.2 Å². The zero-order valence-electron chi connectivity index (χ0n) is 32.1. The van der Waals surface area contributed by atoms with Gasteiger partial charge >= 0.3 is 143 Å². The highest BCUT2D eigenvalue weighted by Crippen LogP contribution is 2.70. The van der Waals surface area contributed by atoms with Crippen molar-refractivity contribution < 1.29 is 215 Å². The Labute approximate surface area is 373 Å². The maximum absolute atomic E-state index is 14.0. The van der Waals surface area contributed by atoms with Crippen molar-refractivity contribution in [2.24, 2.45) is 0 Å².